The first-order chi connectivity index (χ1) is 9.28. The van der Waals surface area contributed by atoms with Gasteiger partial charge in [-0.15, -0.1) is 11.8 Å². The molecule has 0 amide bonds. The van der Waals surface area contributed by atoms with E-state index in [0.717, 1.165) is 49.2 Å². The van der Waals surface area contributed by atoms with Crippen LogP contribution in [0.5, 0.6) is 0 Å². The molecule has 0 bridgehead atoms. The van der Waals surface area contributed by atoms with Gasteiger partial charge >= 0.3 is 0 Å². The summed E-state index contributed by atoms with van der Waals surface area (Å²) in [6.45, 7) is 1.78. The Labute approximate surface area is 124 Å². The van der Waals surface area contributed by atoms with E-state index in [1.54, 1.807) is 11.8 Å². The van der Waals surface area contributed by atoms with Crippen LogP contribution in [-0.2, 0) is 4.74 Å². The van der Waals surface area contributed by atoms with Crippen molar-refractivity contribution in [3.8, 4) is 0 Å². The zero-order valence-corrected chi connectivity index (χ0v) is 12.6. The first kappa shape index (κ1) is 15.1. The minimum Gasteiger partial charge on any atom is -0.381 e. The molecule has 0 aromatic heterocycles. The van der Waals surface area contributed by atoms with E-state index in [4.69, 9.17) is 22.2 Å². The maximum absolute atomic E-state index is 5.98. The number of nitrogens with two attached hydrogens (primary N) is 1. The Hall–Kier alpha value is -0.260. The fourth-order valence-corrected chi connectivity index (χ4v) is 3.59. The van der Waals surface area contributed by atoms with Gasteiger partial charge in [0.15, 0.2) is 0 Å². The molecule has 1 aromatic carbocycles. The van der Waals surface area contributed by atoms with Gasteiger partial charge in [0.2, 0.25) is 0 Å². The van der Waals surface area contributed by atoms with Gasteiger partial charge in [0.25, 0.3) is 0 Å². The van der Waals surface area contributed by atoms with Crippen LogP contribution in [0, 0.1) is 5.92 Å². The number of rotatable bonds is 6. The van der Waals surface area contributed by atoms with Crippen molar-refractivity contribution in [3.63, 3.8) is 0 Å². The molecule has 2 rings (SSSR count). The Morgan fingerprint density at radius 1 is 1.42 bits per heavy atom. The number of thioether (sulfide) groups is 1. The standard InChI is InChI=1S/C14H21ClN2OS/c15-12-2-1-3-14(9-12)19-10-13(17-16)8-11-4-6-18-7-5-11/h1-3,9,11,13,17H,4-8,10,16H2. The third kappa shape index (κ3) is 5.32. The average Bonchev–Trinajstić information content (AvgIpc) is 2.44. The van der Waals surface area contributed by atoms with Gasteiger partial charge in [0.05, 0.1) is 0 Å². The normalized spacial score (nSPS) is 18.4. The van der Waals surface area contributed by atoms with Crippen molar-refractivity contribution >= 4 is 23.4 Å². The fourth-order valence-electron chi connectivity index (χ4n) is 2.32. The summed E-state index contributed by atoms with van der Waals surface area (Å²) in [6.07, 6.45) is 3.42. The summed E-state index contributed by atoms with van der Waals surface area (Å²) in [7, 11) is 0. The lowest BCUT2D eigenvalue weighted by atomic mass is 9.93. The Bertz CT molecular complexity index is 385. The van der Waals surface area contributed by atoms with Crippen LogP contribution in [0.3, 0.4) is 0 Å². The Morgan fingerprint density at radius 3 is 2.89 bits per heavy atom. The summed E-state index contributed by atoms with van der Waals surface area (Å²) >= 11 is 7.78. The first-order valence-electron chi connectivity index (χ1n) is 6.70. The van der Waals surface area contributed by atoms with E-state index in [0.29, 0.717) is 6.04 Å². The summed E-state index contributed by atoms with van der Waals surface area (Å²) in [4.78, 5) is 1.19. The molecule has 0 radical (unpaired) electrons. The third-order valence-corrected chi connectivity index (χ3v) is 4.83. The zero-order valence-electron chi connectivity index (χ0n) is 11.0. The summed E-state index contributed by atoms with van der Waals surface area (Å²) in [5, 5.41) is 0.784. The molecule has 106 valence electrons. The van der Waals surface area contributed by atoms with Crippen molar-refractivity contribution in [2.75, 3.05) is 19.0 Å². The summed E-state index contributed by atoms with van der Waals surface area (Å²) in [5.41, 5.74) is 2.94. The van der Waals surface area contributed by atoms with Crippen molar-refractivity contribution in [1.82, 2.24) is 5.43 Å². The smallest absolute Gasteiger partial charge is 0.0468 e. The molecule has 1 fully saturated rings. The van der Waals surface area contributed by atoms with Gasteiger partial charge in [0, 0.05) is 34.9 Å². The molecule has 1 aromatic rings. The lowest BCUT2D eigenvalue weighted by Crippen LogP contribution is -2.39. The molecule has 3 N–H and O–H groups in total. The van der Waals surface area contributed by atoms with Crippen LogP contribution in [0.15, 0.2) is 29.2 Å². The molecule has 1 atom stereocenters. The van der Waals surface area contributed by atoms with Crippen LogP contribution in [0.25, 0.3) is 0 Å². The predicted molar refractivity (Wildman–Crippen MR) is 81.4 cm³/mol. The van der Waals surface area contributed by atoms with E-state index >= 15 is 0 Å². The van der Waals surface area contributed by atoms with Gasteiger partial charge in [-0.2, -0.15) is 0 Å². The Morgan fingerprint density at radius 2 is 2.21 bits per heavy atom. The molecular weight excluding hydrogens is 280 g/mol. The Kier molecular flexibility index (Phi) is 6.47. The maximum atomic E-state index is 5.98. The van der Waals surface area contributed by atoms with Gasteiger partial charge in [-0.3, -0.25) is 11.3 Å². The highest BCUT2D eigenvalue weighted by Gasteiger charge is 2.18. The summed E-state index contributed by atoms with van der Waals surface area (Å²) in [5.74, 6) is 7.36. The molecule has 1 aliphatic heterocycles. The number of halogens is 1. The van der Waals surface area contributed by atoms with Crippen LogP contribution in [0.1, 0.15) is 19.3 Å². The van der Waals surface area contributed by atoms with Crippen LogP contribution in [0.2, 0.25) is 5.02 Å². The Balaban J connectivity index is 1.78. The lowest BCUT2D eigenvalue weighted by Gasteiger charge is -2.26. The number of hydrogen-bond acceptors (Lipinski definition) is 4. The van der Waals surface area contributed by atoms with Crippen molar-refractivity contribution < 1.29 is 4.74 Å². The summed E-state index contributed by atoms with van der Waals surface area (Å²) in [6, 6.07) is 8.29. The molecule has 5 heteroatoms. The van der Waals surface area contributed by atoms with E-state index < -0.39 is 0 Å². The zero-order chi connectivity index (χ0) is 13.5. The van der Waals surface area contributed by atoms with E-state index in [2.05, 4.69) is 11.5 Å². The molecule has 1 aliphatic rings. The number of ether oxygens (including phenoxy) is 1. The van der Waals surface area contributed by atoms with Crippen LogP contribution >= 0.6 is 23.4 Å². The number of nitrogens with one attached hydrogen (secondary N) is 1. The van der Waals surface area contributed by atoms with Crippen LogP contribution in [0.4, 0.5) is 0 Å². The SMILES string of the molecule is NNC(CSc1cccc(Cl)c1)CC1CCOCC1. The molecule has 0 saturated carbocycles. The highest BCUT2D eigenvalue weighted by molar-refractivity contribution is 7.99. The molecule has 1 unspecified atom stereocenters. The van der Waals surface area contributed by atoms with Gasteiger partial charge in [-0.25, -0.2) is 0 Å². The number of hydrogen-bond donors (Lipinski definition) is 2. The van der Waals surface area contributed by atoms with Crippen molar-refractivity contribution in [1.29, 1.82) is 0 Å². The second-order valence-corrected chi connectivity index (χ2v) is 6.45. The van der Waals surface area contributed by atoms with Gasteiger partial charge in [-0.1, -0.05) is 17.7 Å². The minimum atomic E-state index is 0.340. The third-order valence-electron chi connectivity index (χ3n) is 3.44. The number of benzene rings is 1. The van der Waals surface area contributed by atoms with E-state index in [1.807, 2.05) is 18.2 Å². The summed E-state index contributed by atoms with van der Waals surface area (Å²) < 4.78 is 5.39. The lowest BCUT2D eigenvalue weighted by molar-refractivity contribution is 0.0613. The molecule has 0 aliphatic carbocycles. The van der Waals surface area contributed by atoms with E-state index in [9.17, 15) is 0 Å². The molecule has 1 saturated heterocycles. The second kappa shape index (κ2) is 8.12. The van der Waals surface area contributed by atoms with E-state index in [-0.39, 0.29) is 0 Å². The van der Waals surface area contributed by atoms with Crippen molar-refractivity contribution in [2.24, 2.45) is 11.8 Å². The van der Waals surface area contributed by atoms with E-state index in [1.165, 1.54) is 4.90 Å². The monoisotopic (exact) mass is 300 g/mol. The van der Waals surface area contributed by atoms with Gasteiger partial charge in [0.1, 0.15) is 0 Å². The molecular formula is C14H21ClN2OS. The fraction of sp³-hybridized carbons (Fsp3) is 0.571. The van der Waals surface area contributed by atoms with Crippen LogP contribution < -0.4 is 11.3 Å². The predicted octanol–water partition coefficient (Wildman–Crippen LogP) is 3.08. The quantitative estimate of drug-likeness (QED) is 0.481. The largest absolute Gasteiger partial charge is 0.381 e. The second-order valence-electron chi connectivity index (χ2n) is 4.92. The minimum absolute atomic E-state index is 0.340. The average molecular weight is 301 g/mol. The van der Waals surface area contributed by atoms with Crippen molar-refractivity contribution in [3.05, 3.63) is 29.3 Å². The first-order valence-corrected chi connectivity index (χ1v) is 8.06. The topological polar surface area (TPSA) is 47.3 Å². The maximum Gasteiger partial charge on any atom is 0.0468 e. The molecule has 19 heavy (non-hydrogen) atoms. The highest BCUT2D eigenvalue weighted by Crippen LogP contribution is 2.25. The molecule has 0 spiro atoms. The molecule has 1 heterocycles. The van der Waals surface area contributed by atoms with Gasteiger partial charge < -0.3 is 4.74 Å². The number of hydrazine groups is 1. The molecule has 3 nitrogen and oxygen atoms in total. The van der Waals surface area contributed by atoms with Crippen molar-refractivity contribution in [2.45, 2.75) is 30.2 Å². The van der Waals surface area contributed by atoms with Crippen LogP contribution in [-0.4, -0.2) is 25.0 Å². The van der Waals surface area contributed by atoms with Gasteiger partial charge in [-0.05, 0) is 43.4 Å². The highest BCUT2D eigenvalue weighted by atomic mass is 35.5.